The Bertz CT molecular complexity index is 506. The third-order valence-electron chi connectivity index (χ3n) is 4.80. The van der Waals surface area contributed by atoms with E-state index in [0.717, 1.165) is 44.8 Å². The summed E-state index contributed by atoms with van der Waals surface area (Å²) in [4.78, 5) is 14.3. The molecule has 1 aromatic rings. The zero-order valence-corrected chi connectivity index (χ0v) is 15.5. The molecular formula is C20H31NO3. The van der Waals surface area contributed by atoms with Crippen molar-refractivity contribution in [2.24, 2.45) is 5.92 Å². The summed E-state index contributed by atoms with van der Waals surface area (Å²) in [5.74, 6) is 1.95. The third kappa shape index (κ3) is 5.52. The van der Waals surface area contributed by atoms with Gasteiger partial charge in [0.1, 0.15) is 5.75 Å². The van der Waals surface area contributed by atoms with Crippen LogP contribution in [0.2, 0.25) is 0 Å². The molecule has 1 aromatic carbocycles. The van der Waals surface area contributed by atoms with Gasteiger partial charge in [-0.15, -0.1) is 0 Å². The number of carbonyl (C=O) groups excluding carboxylic acids is 1. The average molecular weight is 333 g/mol. The second-order valence-electron chi connectivity index (χ2n) is 7.09. The highest BCUT2D eigenvalue weighted by Crippen LogP contribution is 2.21. The molecule has 1 fully saturated rings. The Morgan fingerprint density at radius 3 is 2.42 bits per heavy atom. The summed E-state index contributed by atoms with van der Waals surface area (Å²) >= 11 is 0. The van der Waals surface area contributed by atoms with Crippen LogP contribution in [0.15, 0.2) is 24.3 Å². The number of likely N-dealkylation sites (N-methyl/N-ethyl adjacent to an activating group) is 1. The van der Waals surface area contributed by atoms with E-state index in [4.69, 9.17) is 9.47 Å². The molecule has 134 valence electrons. The quantitative estimate of drug-likeness (QED) is 0.761. The number of hydrogen-bond donors (Lipinski definition) is 0. The molecule has 1 atom stereocenters. The fraction of sp³-hybridized carbons (Fsp3) is 0.650. The van der Waals surface area contributed by atoms with Gasteiger partial charge in [-0.3, -0.25) is 4.79 Å². The maximum atomic E-state index is 12.5. The minimum atomic E-state index is -0.463. The number of ether oxygens (including phenoxy) is 2. The van der Waals surface area contributed by atoms with Gasteiger partial charge in [0, 0.05) is 26.8 Å². The van der Waals surface area contributed by atoms with Gasteiger partial charge in [-0.25, -0.2) is 0 Å². The van der Waals surface area contributed by atoms with E-state index in [1.54, 1.807) is 4.90 Å². The molecule has 1 aliphatic rings. The number of nitrogens with zero attached hydrogens (tertiary/aromatic N) is 1. The number of rotatable bonds is 7. The summed E-state index contributed by atoms with van der Waals surface area (Å²) in [6, 6.07) is 8.01. The molecule has 4 nitrogen and oxygen atoms in total. The van der Waals surface area contributed by atoms with Crippen molar-refractivity contribution in [2.75, 3.05) is 26.8 Å². The van der Waals surface area contributed by atoms with Crippen LogP contribution in [0.5, 0.6) is 5.75 Å². The first-order chi connectivity index (χ1) is 11.5. The number of carbonyl (C=O) groups is 1. The zero-order chi connectivity index (χ0) is 17.5. The Morgan fingerprint density at radius 2 is 1.83 bits per heavy atom. The summed E-state index contributed by atoms with van der Waals surface area (Å²) in [6.45, 7) is 8.64. The molecule has 0 N–H and O–H groups in total. The normalized spacial score (nSPS) is 16.9. The highest BCUT2D eigenvalue weighted by molar-refractivity contribution is 5.80. The van der Waals surface area contributed by atoms with Gasteiger partial charge in [0.25, 0.3) is 5.91 Å². The summed E-state index contributed by atoms with van der Waals surface area (Å²) in [5, 5.41) is 0. The first-order valence-corrected chi connectivity index (χ1v) is 9.06. The van der Waals surface area contributed by atoms with E-state index in [1.165, 1.54) is 5.56 Å². The van der Waals surface area contributed by atoms with Gasteiger partial charge in [0.05, 0.1) is 0 Å². The van der Waals surface area contributed by atoms with E-state index in [9.17, 15) is 4.79 Å². The lowest BCUT2D eigenvalue weighted by Crippen LogP contribution is -2.39. The predicted octanol–water partition coefficient (Wildman–Crippen LogP) is 3.85. The van der Waals surface area contributed by atoms with E-state index in [2.05, 4.69) is 26.0 Å². The molecule has 0 saturated carbocycles. The smallest absolute Gasteiger partial charge is 0.263 e. The van der Waals surface area contributed by atoms with Crippen molar-refractivity contribution in [1.29, 1.82) is 0 Å². The van der Waals surface area contributed by atoms with Crippen LogP contribution in [0.1, 0.15) is 51.5 Å². The van der Waals surface area contributed by atoms with Crippen molar-refractivity contribution in [1.82, 2.24) is 4.90 Å². The second kappa shape index (κ2) is 9.07. The third-order valence-corrected chi connectivity index (χ3v) is 4.80. The highest BCUT2D eigenvalue weighted by Gasteiger charge is 2.21. The van der Waals surface area contributed by atoms with Crippen molar-refractivity contribution in [3.05, 3.63) is 29.8 Å². The predicted molar refractivity (Wildman–Crippen MR) is 96.4 cm³/mol. The SMILES string of the molecule is CC(Oc1ccc(C(C)C)cc1)C(=O)N(C)CCC1CCOCC1. The largest absolute Gasteiger partial charge is 0.481 e. The molecule has 0 bridgehead atoms. The first kappa shape index (κ1) is 18.8. The van der Waals surface area contributed by atoms with E-state index < -0.39 is 6.10 Å². The summed E-state index contributed by atoms with van der Waals surface area (Å²) in [6.07, 6.45) is 2.79. The Hall–Kier alpha value is -1.55. The Morgan fingerprint density at radius 1 is 1.21 bits per heavy atom. The lowest BCUT2D eigenvalue weighted by molar-refractivity contribution is -0.136. The van der Waals surface area contributed by atoms with Crippen molar-refractivity contribution in [3.63, 3.8) is 0 Å². The topological polar surface area (TPSA) is 38.8 Å². The van der Waals surface area contributed by atoms with Crippen LogP contribution in [0.3, 0.4) is 0 Å². The maximum absolute atomic E-state index is 12.5. The molecule has 1 saturated heterocycles. The van der Waals surface area contributed by atoms with Gasteiger partial charge in [-0.2, -0.15) is 0 Å². The van der Waals surface area contributed by atoms with Crippen LogP contribution in [-0.4, -0.2) is 43.7 Å². The molecule has 0 aliphatic carbocycles. The lowest BCUT2D eigenvalue weighted by atomic mass is 9.96. The first-order valence-electron chi connectivity index (χ1n) is 9.06. The number of benzene rings is 1. The van der Waals surface area contributed by atoms with Crippen LogP contribution in [0.25, 0.3) is 0 Å². The molecule has 24 heavy (non-hydrogen) atoms. The molecule has 0 aromatic heterocycles. The molecule has 4 heteroatoms. The van der Waals surface area contributed by atoms with Crippen LogP contribution >= 0.6 is 0 Å². The standard InChI is InChI=1S/C20H31NO3/c1-15(2)18-5-7-19(8-6-18)24-16(3)20(22)21(4)12-9-17-10-13-23-14-11-17/h5-8,15-17H,9-14H2,1-4H3. The van der Waals surface area contributed by atoms with Crippen LogP contribution in [0, 0.1) is 5.92 Å². The highest BCUT2D eigenvalue weighted by atomic mass is 16.5. The van der Waals surface area contributed by atoms with Crippen LogP contribution < -0.4 is 4.74 Å². The Balaban J connectivity index is 1.79. The van der Waals surface area contributed by atoms with E-state index in [-0.39, 0.29) is 5.91 Å². The molecule has 1 unspecified atom stereocenters. The fourth-order valence-electron chi connectivity index (χ4n) is 3.02. The van der Waals surface area contributed by atoms with Gasteiger partial charge in [-0.1, -0.05) is 26.0 Å². The second-order valence-corrected chi connectivity index (χ2v) is 7.09. The van der Waals surface area contributed by atoms with Gasteiger partial charge in [0.2, 0.25) is 0 Å². The summed E-state index contributed by atoms with van der Waals surface area (Å²) < 4.78 is 11.2. The van der Waals surface area contributed by atoms with Crippen molar-refractivity contribution >= 4 is 5.91 Å². The van der Waals surface area contributed by atoms with Crippen molar-refractivity contribution in [2.45, 2.75) is 52.1 Å². The number of amides is 1. The minimum absolute atomic E-state index is 0.0370. The molecule has 1 aliphatic heterocycles. The summed E-state index contributed by atoms with van der Waals surface area (Å²) in [5.41, 5.74) is 1.27. The monoisotopic (exact) mass is 333 g/mol. The van der Waals surface area contributed by atoms with Gasteiger partial charge >= 0.3 is 0 Å². The lowest BCUT2D eigenvalue weighted by Gasteiger charge is -2.26. The van der Waals surface area contributed by atoms with Gasteiger partial charge < -0.3 is 14.4 Å². The minimum Gasteiger partial charge on any atom is -0.481 e. The Labute approximate surface area is 146 Å². The molecule has 1 amide bonds. The van der Waals surface area contributed by atoms with Crippen molar-refractivity contribution < 1.29 is 14.3 Å². The molecule has 2 rings (SSSR count). The van der Waals surface area contributed by atoms with E-state index in [1.807, 2.05) is 26.1 Å². The maximum Gasteiger partial charge on any atom is 0.263 e. The molecule has 0 radical (unpaired) electrons. The van der Waals surface area contributed by atoms with E-state index >= 15 is 0 Å². The molecule has 0 spiro atoms. The van der Waals surface area contributed by atoms with Crippen molar-refractivity contribution in [3.8, 4) is 5.75 Å². The molecular weight excluding hydrogens is 302 g/mol. The fourth-order valence-corrected chi connectivity index (χ4v) is 3.02. The number of hydrogen-bond acceptors (Lipinski definition) is 3. The van der Waals surface area contributed by atoms with Crippen LogP contribution in [0.4, 0.5) is 0 Å². The van der Waals surface area contributed by atoms with Crippen LogP contribution in [-0.2, 0) is 9.53 Å². The molecule has 1 heterocycles. The summed E-state index contributed by atoms with van der Waals surface area (Å²) in [7, 11) is 1.86. The Kier molecular flexibility index (Phi) is 7.10. The average Bonchev–Trinajstić information content (AvgIpc) is 2.60. The zero-order valence-electron chi connectivity index (χ0n) is 15.5. The van der Waals surface area contributed by atoms with Gasteiger partial charge in [0.15, 0.2) is 6.10 Å². The van der Waals surface area contributed by atoms with E-state index in [0.29, 0.717) is 11.8 Å². The van der Waals surface area contributed by atoms with Gasteiger partial charge in [-0.05, 0) is 55.7 Å².